The molecular weight excluding hydrogens is 426 g/mol. The van der Waals surface area contributed by atoms with Gasteiger partial charge in [0.15, 0.2) is 0 Å². The second kappa shape index (κ2) is 9.59. The van der Waals surface area contributed by atoms with Gasteiger partial charge in [-0.25, -0.2) is 4.79 Å². The molecule has 6 nitrogen and oxygen atoms in total. The minimum Gasteiger partial charge on any atom is -0.491 e. The maximum atomic E-state index is 13.1. The molecular formula is C28H37N3O3. The third kappa shape index (κ3) is 4.93. The Bertz CT molecular complexity index is 979. The van der Waals surface area contributed by atoms with E-state index in [9.17, 15) is 4.79 Å². The first kappa shape index (κ1) is 23.2. The van der Waals surface area contributed by atoms with Crippen molar-refractivity contribution in [1.29, 1.82) is 0 Å². The summed E-state index contributed by atoms with van der Waals surface area (Å²) in [6.45, 7) is 6.79. The molecule has 0 spiro atoms. The Balaban J connectivity index is 1.21. The van der Waals surface area contributed by atoms with Gasteiger partial charge in [-0.15, -0.1) is 0 Å². The molecule has 2 N–H and O–H groups in total. The standard InChI is InChI=1S/C28H37N3O3/c1-27(15-18-31-16-11-23(27)12-17-31)29-26(32)30-28(13-14-28)24-7-3-21(4-8-24)22-5-9-25(10-6-22)34-20-19-33-2/h3-10,23H,11-20H2,1-2H3,(H2,29,30,32). The average Bonchev–Trinajstić information content (AvgIpc) is 3.67. The number of hydrogen-bond acceptors (Lipinski definition) is 4. The van der Waals surface area contributed by atoms with E-state index in [1.54, 1.807) is 7.11 Å². The lowest BCUT2D eigenvalue weighted by atomic mass is 9.79. The summed E-state index contributed by atoms with van der Waals surface area (Å²) in [5, 5.41) is 6.73. The fourth-order valence-corrected chi connectivity index (χ4v) is 5.64. The lowest BCUT2D eigenvalue weighted by Crippen LogP contribution is -2.56. The minimum atomic E-state index is -0.232. The predicted octanol–water partition coefficient (Wildman–Crippen LogP) is 4.54. The second-order valence-corrected chi connectivity index (χ2v) is 10.4. The van der Waals surface area contributed by atoms with E-state index in [0.717, 1.165) is 42.7 Å². The summed E-state index contributed by atoms with van der Waals surface area (Å²) in [6.07, 6.45) is 5.37. The van der Waals surface area contributed by atoms with Crippen LogP contribution in [0.5, 0.6) is 5.75 Å². The molecule has 3 heterocycles. The number of carbonyl (C=O) groups excluding carboxylic acids is 1. The SMILES string of the molecule is COCCOc1ccc(-c2ccc(C3(NC(=O)NC4(C)CCN5CCC4CC5)CC3)cc2)cc1. The molecule has 3 aliphatic heterocycles. The monoisotopic (exact) mass is 463 g/mol. The number of rotatable bonds is 8. The molecule has 1 aliphatic carbocycles. The number of benzene rings is 2. The smallest absolute Gasteiger partial charge is 0.315 e. The van der Waals surface area contributed by atoms with E-state index < -0.39 is 0 Å². The summed E-state index contributed by atoms with van der Waals surface area (Å²) in [4.78, 5) is 15.6. The fraction of sp³-hybridized carbons (Fsp3) is 0.536. The molecule has 1 atom stereocenters. The van der Waals surface area contributed by atoms with Crippen molar-refractivity contribution < 1.29 is 14.3 Å². The molecule has 1 saturated carbocycles. The summed E-state index contributed by atoms with van der Waals surface area (Å²) in [5.74, 6) is 1.42. The molecule has 2 bridgehead atoms. The predicted molar refractivity (Wildman–Crippen MR) is 134 cm³/mol. The van der Waals surface area contributed by atoms with Gasteiger partial charge in [-0.2, -0.15) is 0 Å². The summed E-state index contributed by atoms with van der Waals surface area (Å²) in [5.41, 5.74) is 3.14. The molecule has 2 aromatic carbocycles. The van der Waals surface area contributed by atoms with Gasteiger partial charge in [0.05, 0.1) is 12.1 Å². The highest BCUT2D eigenvalue weighted by Gasteiger charge is 2.47. The number of nitrogens with zero attached hydrogens (tertiary/aromatic N) is 1. The van der Waals surface area contributed by atoms with Crippen LogP contribution in [0.15, 0.2) is 48.5 Å². The van der Waals surface area contributed by atoms with E-state index in [4.69, 9.17) is 9.47 Å². The van der Waals surface area contributed by atoms with Crippen LogP contribution in [0.3, 0.4) is 0 Å². The van der Waals surface area contributed by atoms with Gasteiger partial charge in [-0.3, -0.25) is 0 Å². The van der Waals surface area contributed by atoms with Gasteiger partial charge in [0.2, 0.25) is 0 Å². The van der Waals surface area contributed by atoms with Crippen molar-refractivity contribution >= 4 is 6.03 Å². The zero-order valence-corrected chi connectivity index (χ0v) is 20.4. The molecule has 1 unspecified atom stereocenters. The summed E-state index contributed by atoms with van der Waals surface area (Å²) in [6, 6.07) is 16.7. The van der Waals surface area contributed by atoms with E-state index in [0.29, 0.717) is 19.1 Å². The number of nitrogens with one attached hydrogen (secondary N) is 2. The molecule has 4 aliphatic rings. The van der Waals surface area contributed by atoms with Crippen molar-refractivity contribution in [1.82, 2.24) is 15.5 Å². The van der Waals surface area contributed by atoms with Crippen LogP contribution < -0.4 is 15.4 Å². The Kier molecular flexibility index (Phi) is 6.54. The zero-order valence-electron chi connectivity index (χ0n) is 20.4. The number of methoxy groups -OCH3 is 1. The third-order valence-corrected chi connectivity index (χ3v) is 8.12. The van der Waals surface area contributed by atoms with E-state index >= 15 is 0 Å². The van der Waals surface area contributed by atoms with Crippen molar-refractivity contribution in [3.63, 3.8) is 0 Å². The third-order valence-electron chi connectivity index (χ3n) is 8.12. The highest BCUT2D eigenvalue weighted by Crippen LogP contribution is 2.46. The van der Waals surface area contributed by atoms with Gasteiger partial charge in [0.25, 0.3) is 0 Å². The van der Waals surface area contributed by atoms with Crippen LogP contribution in [0, 0.1) is 5.92 Å². The second-order valence-electron chi connectivity index (χ2n) is 10.4. The minimum absolute atomic E-state index is 0.0199. The van der Waals surface area contributed by atoms with Crippen molar-refractivity contribution in [3.8, 4) is 16.9 Å². The molecule has 3 saturated heterocycles. The molecule has 34 heavy (non-hydrogen) atoms. The van der Waals surface area contributed by atoms with Gasteiger partial charge in [-0.1, -0.05) is 36.4 Å². The fourth-order valence-electron chi connectivity index (χ4n) is 5.64. The first-order valence-corrected chi connectivity index (χ1v) is 12.7. The molecule has 182 valence electrons. The molecule has 4 fully saturated rings. The van der Waals surface area contributed by atoms with Gasteiger partial charge >= 0.3 is 6.03 Å². The van der Waals surface area contributed by atoms with Gasteiger partial charge in [-0.05, 0) is 86.9 Å². The van der Waals surface area contributed by atoms with Crippen LogP contribution in [0.1, 0.15) is 44.6 Å². The Morgan fingerprint density at radius 2 is 1.56 bits per heavy atom. The number of fused-ring (bicyclic) bond motifs is 4. The number of amides is 2. The largest absolute Gasteiger partial charge is 0.491 e. The Morgan fingerprint density at radius 1 is 0.912 bits per heavy atom. The van der Waals surface area contributed by atoms with Crippen molar-refractivity contribution in [2.75, 3.05) is 40.0 Å². The molecule has 0 aromatic heterocycles. The molecule has 2 amide bonds. The van der Waals surface area contributed by atoms with Crippen molar-refractivity contribution in [2.45, 2.75) is 50.1 Å². The lowest BCUT2D eigenvalue weighted by Gasteiger charge is -2.38. The molecule has 2 aromatic rings. The van der Waals surface area contributed by atoms with Crippen LogP contribution >= 0.6 is 0 Å². The summed E-state index contributed by atoms with van der Waals surface area (Å²) >= 11 is 0. The zero-order chi connectivity index (χ0) is 23.6. The van der Waals surface area contributed by atoms with Crippen molar-refractivity contribution in [2.24, 2.45) is 5.92 Å². The highest BCUT2D eigenvalue weighted by molar-refractivity contribution is 5.77. The Labute approximate surface area is 203 Å². The first-order chi connectivity index (χ1) is 16.5. The average molecular weight is 464 g/mol. The van der Waals surface area contributed by atoms with Crippen LogP contribution in [0.2, 0.25) is 0 Å². The Morgan fingerprint density at radius 3 is 2.18 bits per heavy atom. The molecule has 0 radical (unpaired) electrons. The maximum absolute atomic E-state index is 13.1. The normalized spacial score (nSPS) is 27.0. The maximum Gasteiger partial charge on any atom is 0.315 e. The first-order valence-electron chi connectivity index (χ1n) is 12.7. The number of ether oxygens (including phenoxy) is 2. The topological polar surface area (TPSA) is 62.8 Å². The number of hydrogen-bond donors (Lipinski definition) is 2. The Hall–Kier alpha value is -2.57. The van der Waals surface area contributed by atoms with Crippen LogP contribution in [-0.4, -0.2) is 56.4 Å². The van der Waals surface area contributed by atoms with Gasteiger partial charge in [0.1, 0.15) is 12.4 Å². The summed E-state index contributed by atoms with van der Waals surface area (Å²) < 4.78 is 10.7. The van der Waals surface area contributed by atoms with E-state index in [1.165, 1.54) is 31.5 Å². The molecule has 6 heteroatoms. The summed E-state index contributed by atoms with van der Waals surface area (Å²) in [7, 11) is 1.67. The van der Waals surface area contributed by atoms with Gasteiger partial charge < -0.3 is 25.0 Å². The quantitative estimate of drug-likeness (QED) is 0.564. The highest BCUT2D eigenvalue weighted by atomic mass is 16.5. The van der Waals surface area contributed by atoms with Crippen LogP contribution in [-0.2, 0) is 10.3 Å². The molecule has 6 rings (SSSR count). The van der Waals surface area contributed by atoms with Crippen LogP contribution in [0.4, 0.5) is 4.79 Å². The lowest BCUT2D eigenvalue weighted by molar-refractivity contribution is 0.146. The van der Waals surface area contributed by atoms with Crippen molar-refractivity contribution in [3.05, 3.63) is 54.1 Å². The van der Waals surface area contributed by atoms with Gasteiger partial charge in [0, 0.05) is 19.2 Å². The van der Waals surface area contributed by atoms with Crippen LogP contribution in [0.25, 0.3) is 11.1 Å². The number of urea groups is 1. The van der Waals surface area contributed by atoms with E-state index in [-0.39, 0.29) is 17.1 Å². The van der Waals surface area contributed by atoms with E-state index in [2.05, 4.69) is 58.9 Å². The number of piperidine rings is 1. The van der Waals surface area contributed by atoms with E-state index in [1.807, 2.05) is 12.1 Å². The number of carbonyl (C=O) groups is 1.